The topological polar surface area (TPSA) is 170 Å². The summed E-state index contributed by atoms with van der Waals surface area (Å²) in [6.45, 7) is 3.08. The standard InChI is InChI=1S/C13H10O.C8H11N.C5H12N2O2.C4H8O2/c14-10-11-6-8-13(9-7-11)12-4-2-1-3-5-12;9-7-6-8-4-2-1-3-5-8;6-3-1-2-4(7)5(8)9;1-2-3-4(5)6/h1-10H;1-5H,6-7,9H2;4H,1-3,6-7H2,(H,8,9);2-3H2,1H3,(H,5,6)/t;;4-;/m..0./s1. The first-order chi connectivity index (χ1) is 18.3. The molecule has 3 aromatic carbocycles. The molecule has 0 aliphatic carbocycles. The highest BCUT2D eigenvalue weighted by Gasteiger charge is 2.08. The molecule has 0 heterocycles. The highest BCUT2D eigenvalue weighted by molar-refractivity contribution is 5.76. The number of rotatable bonds is 10. The van der Waals surface area contributed by atoms with Crippen molar-refractivity contribution in [1.82, 2.24) is 0 Å². The minimum Gasteiger partial charge on any atom is -0.481 e. The zero-order valence-corrected chi connectivity index (χ0v) is 22.0. The van der Waals surface area contributed by atoms with E-state index in [0.29, 0.717) is 31.4 Å². The number of aldehydes is 1. The lowest BCUT2D eigenvalue weighted by molar-refractivity contribution is -0.139. The third kappa shape index (κ3) is 17.6. The summed E-state index contributed by atoms with van der Waals surface area (Å²) < 4.78 is 0. The van der Waals surface area contributed by atoms with Crippen LogP contribution >= 0.6 is 0 Å². The van der Waals surface area contributed by atoms with E-state index in [1.807, 2.05) is 67.6 Å². The highest BCUT2D eigenvalue weighted by Crippen LogP contribution is 2.18. The Morgan fingerprint density at radius 3 is 1.74 bits per heavy atom. The molecule has 0 amide bonds. The van der Waals surface area contributed by atoms with Gasteiger partial charge in [0.1, 0.15) is 12.3 Å². The second kappa shape index (κ2) is 22.4. The third-order valence-corrected chi connectivity index (χ3v) is 4.93. The van der Waals surface area contributed by atoms with E-state index in [1.54, 1.807) is 0 Å². The summed E-state index contributed by atoms with van der Waals surface area (Å²) in [4.78, 5) is 30.1. The average molecular weight is 524 g/mol. The first-order valence-corrected chi connectivity index (χ1v) is 12.5. The van der Waals surface area contributed by atoms with Gasteiger partial charge in [0.05, 0.1) is 0 Å². The Hall–Kier alpha value is -3.85. The van der Waals surface area contributed by atoms with Crippen LogP contribution in [-0.4, -0.2) is 47.6 Å². The Morgan fingerprint density at radius 1 is 0.816 bits per heavy atom. The molecular formula is C30H41N3O5. The largest absolute Gasteiger partial charge is 0.481 e. The second-order valence-electron chi connectivity index (χ2n) is 8.15. The van der Waals surface area contributed by atoms with Gasteiger partial charge in [0, 0.05) is 12.0 Å². The first kappa shape index (κ1) is 34.1. The zero-order valence-electron chi connectivity index (χ0n) is 22.0. The number of carbonyl (C=O) groups excluding carboxylic acids is 1. The normalized spacial score (nSPS) is 10.2. The van der Waals surface area contributed by atoms with E-state index < -0.39 is 18.0 Å². The van der Waals surface area contributed by atoms with Crippen molar-refractivity contribution >= 4 is 18.2 Å². The second-order valence-corrected chi connectivity index (χ2v) is 8.15. The van der Waals surface area contributed by atoms with Gasteiger partial charge in [-0.1, -0.05) is 91.9 Å². The minimum absolute atomic E-state index is 0.292. The molecule has 0 radical (unpaired) electrons. The molecule has 1 atom stereocenters. The molecule has 0 saturated carbocycles. The van der Waals surface area contributed by atoms with E-state index in [0.717, 1.165) is 31.2 Å². The van der Waals surface area contributed by atoms with E-state index in [-0.39, 0.29) is 0 Å². The highest BCUT2D eigenvalue weighted by atomic mass is 16.4. The Balaban J connectivity index is 0.000000506. The molecule has 0 aliphatic rings. The minimum atomic E-state index is -0.955. The summed E-state index contributed by atoms with van der Waals surface area (Å²) in [7, 11) is 0. The first-order valence-electron chi connectivity index (χ1n) is 12.5. The van der Waals surface area contributed by atoms with E-state index in [4.69, 9.17) is 27.4 Å². The maximum Gasteiger partial charge on any atom is 0.320 e. The lowest BCUT2D eigenvalue weighted by Gasteiger charge is -2.02. The number of aliphatic carboxylic acids is 2. The SMILES string of the molecule is CCCC(=O)O.NCCC[C@H](N)C(=O)O.NCCc1ccccc1.O=Cc1ccc(-c2ccccc2)cc1. The van der Waals surface area contributed by atoms with Gasteiger partial charge < -0.3 is 27.4 Å². The molecule has 38 heavy (non-hydrogen) atoms. The molecule has 0 saturated heterocycles. The quantitative estimate of drug-likeness (QED) is 0.244. The lowest BCUT2D eigenvalue weighted by atomic mass is 10.0. The molecule has 0 aromatic heterocycles. The molecule has 3 rings (SSSR count). The number of hydrogen-bond donors (Lipinski definition) is 5. The summed E-state index contributed by atoms with van der Waals surface area (Å²) in [6.07, 6.45) is 4.00. The van der Waals surface area contributed by atoms with Gasteiger partial charge in [-0.3, -0.25) is 14.4 Å². The molecule has 0 aliphatic heterocycles. The summed E-state index contributed by atoms with van der Waals surface area (Å²) in [5, 5.41) is 16.2. The van der Waals surface area contributed by atoms with Crippen molar-refractivity contribution < 1.29 is 24.6 Å². The van der Waals surface area contributed by atoms with Crippen LogP contribution in [0.15, 0.2) is 84.9 Å². The van der Waals surface area contributed by atoms with Crippen LogP contribution in [0.3, 0.4) is 0 Å². The van der Waals surface area contributed by atoms with Gasteiger partial charge in [-0.25, -0.2) is 0 Å². The average Bonchev–Trinajstić information content (AvgIpc) is 2.94. The van der Waals surface area contributed by atoms with Crippen LogP contribution < -0.4 is 17.2 Å². The number of hydrogen-bond acceptors (Lipinski definition) is 6. The monoisotopic (exact) mass is 523 g/mol. The van der Waals surface area contributed by atoms with E-state index in [2.05, 4.69) is 24.3 Å². The number of benzene rings is 3. The lowest BCUT2D eigenvalue weighted by Crippen LogP contribution is -2.30. The van der Waals surface area contributed by atoms with Crippen LogP contribution in [0.5, 0.6) is 0 Å². The van der Waals surface area contributed by atoms with Crippen LogP contribution in [0.25, 0.3) is 11.1 Å². The van der Waals surface area contributed by atoms with Crippen LogP contribution in [0.4, 0.5) is 0 Å². The maximum atomic E-state index is 10.5. The number of carboxylic acid groups (broad SMARTS) is 2. The summed E-state index contributed by atoms with van der Waals surface area (Å²) in [5.74, 6) is -1.67. The summed E-state index contributed by atoms with van der Waals surface area (Å²) in [6, 6.07) is 27.2. The molecular weight excluding hydrogens is 482 g/mol. The van der Waals surface area contributed by atoms with Gasteiger partial charge in [0.25, 0.3) is 0 Å². The molecule has 8 N–H and O–H groups in total. The van der Waals surface area contributed by atoms with Gasteiger partial charge >= 0.3 is 11.9 Å². The summed E-state index contributed by atoms with van der Waals surface area (Å²) >= 11 is 0. The fourth-order valence-corrected chi connectivity index (χ4v) is 2.87. The van der Waals surface area contributed by atoms with Crippen LogP contribution in [0.1, 0.15) is 48.5 Å². The Kier molecular flexibility index (Phi) is 20.1. The van der Waals surface area contributed by atoms with Crippen LogP contribution in [0, 0.1) is 0 Å². The summed E-state index contributed by atoms with van der Waals surface area (Å²) in [5.41, 5.74) is 20.0. The van der Waals surface area contributed by atoms with Crippen molar-refractivity contribution in [2.24, 2.45) is 17.2 Å². The molecule has 0 spiro atoms. The molecule has 0 unspecified atom stereocenters. The predicted octanol–water partition coefficient (Wildman–Crippen LogP) is 4.36. The van der Waals surface area contributed by atoms with Crippen LogP contribution in [0.2, 0.25) is 0 Å². The zero-order chi connectivity index (χ0) is 28.6. The molecule has 206 valence electrons. The third-order valence-electron chi connectivity index (χ3n) is 4.93. The van der Waals surface area contributed by atoms with Crippen molar-refractivity contribution in [2.75, 3.05) is 13.1 Å². The van der Waals surface area contributed by atoms with Gasteiger partial charge in [0.15, 0.2) is 0 Å². The smallest absolute Gasteiger partial charge is 0.320 e. The van der Waals surface area contributed by atoms with E-state index in [9.17, 15) is 14.4 Å². The molecule has 3 aromatic rings. The maximum absolute atomic E-state index is 10.5. The Labute approximate surface area is 225 Å². The van der Waals surface area contributed by atoms with Crippen molar-refractivity contribution in [3.63, 3.8) is 0 Å². The van der Waals surface area contributed by atoms with Gasteiger partial charge in [-0.05, 0) is 55.5 Å². The van der Waals surface area contributed by atoms with E-state index >= 15 is 0 Å². The van der Waals surface area contributed by atoms with Gasteiger partial charge in [0.2, 0.25) is 0 Å². The van der Waals surface area contributed by atoms with Gasteiger partial charge in [-0.2, -0.15) is 0 Å². The fraction of sp³-hybridized carbons (Fsp3) is 0.300. The number of nitrogens with two attached hydrogens (primary N) is 3. The van der Waals surface area contributed by atoms with E-state index in [1.165, 1.54) is 11.1 Å². The van der Waals surface area contributed by atoms with Crippen molar-refractivity contribution in [3.8, 4) is 11.1 Å². The Morgan fingerprint density at radius 2 is 1.34 bits per heavy atom. The van der Waals surface area contributed by atoms with Gasteiger partial charge in [-0.15, -0.1) is 0 Å². The van der Waals surface area contributed by atoms with Crippen molar-refractivity contribution in [3.05, 3.63) is 96.1 Å². The fourth-order valence-electron chi connectivity index (χ4n) is 2.87. The molecule has 0 fully saturated rings. The Bertz CT molecular complexity index is 1010. The predicted molar refractivity (Wildman–Crippen MR) is 153 cm³/mol. The molecule has 8 heteroatoms. The van der Waals surface area contributed by atoms with Crippen molar-refractivity contribution in [1.29, 1.82) is 0 Å². The van der Waals surface area contributed by atoms with Crippen molar-refractivity contribution in [2.45, 2.75) is 45.1 Å². The van der Waals surface area contributed by atoms with Crippen LogP contribution in [-0.2, 0) is 16.0 Å². The molecule has 8 nitrogen and oxygen atoms in total. The number of carbonyl (C=O) groups is 3. The molecule has 0 bridgehead atoms. The number of carboxylic acids is 2.